The van der Waals surface area contributed by atoms with Crippen molar-refractivity contribution >= 4 is 29.3 Å². The molecule has 1 aliphatic rings. The second-order valence-electron chi connectivity index (χ2n) is 4.56. The van der Waals surface area contributed by atoms with Crippen molar-refractivity contribution in [1.82, 2.24) is 10.6 Å². The Morgan fingerprint density at radius 1 is 1.40 bits per heavy atom. The number of benzene rings is 1. The maximum atomic E-state index is 12.1. The molecule has 0 spiro atoms. The molecule has 1 aliphatic heterocycles. The number of hydrogen-bond acceptors (Lipinski definition) is 4. The van der Waals surface area contributed by atoms with Crippen LogP contribution in [0.25, 0.3) is 0 Å². The van der Waals surface area contributed by atoms with Gasteiger partial charge < -0.3 is 10.6 Å². The molecule has 1 fully saturated rings. The number of nitrogens with one attached hydrogen (secondary N) is 3. The van der Waals surface area contributed by atoms with Crippen LogP contribution in [-0.4, -0.2) is 36.0 Å². The Bertz CT molecular complexity index is 487. The van der Waals surface area contributed by atoms with E-state index in [9.17, 15) is 9.59 Å². The number of carbonyl (C=O) groups excluding carboxylic acids is 2. The van der Waals surface area contributed by atoms with Crippen LogP contribution in [0.3, 0.4) is 0 Å². The van der Waals surface area contributed by atoms with E-state index < -0.39 is 0 Å². The largest absolute Gasteiger partial charge is 0.352 e. The zero-order valence-corrected chi connectivity index (χ0v) is 12.3. The van der Waals surface area contributed by atoms with E-state index in [2.05, 4.69) is 16.0 Å². The molecule has 2 amide bonds. The predicted octanol–water partition coefficient (Wildman–Crippen LogP) is 1.43. The van der Waals surface area contributed by atoms with Gasteiger partial charge in [0.1, 0.15) is 0 Å². The molecule has 0 saturated carbocycles. The predicted molar refractivity (Wildman–Crippen MR) is 81.9 cm³/mol. The lowest BCUT2D eigenvalue weighted by Gasteiger charge is -2.13. The van der Waals surface area contributed by atoms with Crippen molar-refractivity contribution < 1.29 is 9.59 Å². The van der Waals surface area contributed by atoms with Crippen molar-refractivity contribution in [2.75, 3.05) is 23.5 Å². The second kappa shape index (κ2) is 7.31. The first-order valence-corrected chi connectivity index (χ1v) is 7.87. The van der Waals surface area contributed by atoms with Gasteiger partial charge in [-0.2, -0.15) is 0 Å². The van der Waals surface area contributed by atoms with E-state index in [1.807, 2.05) is 13.0 Å². The fourth-order valence-corrected chi connectivity index (χ4v) is 2.85. The third kappa shape index (κ3) is 3.74. The third-order valence-corrected chi connectivity index (χ3v) is 3.94. The first-order valence-electron chi connectivity index (χ1n) is 6.71. The summed E-state index contributed by atoms with van der Waals surface area (Å²) in [6.45, 7) is 2.62. The van der Waals surface area contributed by atoms with Crippen LogP contribution >= 0.6 is 11.8 Å². The summed E-state index contributed by atoms with van der Waals surface area (Å²) in [5, 5.41) is 8.77. The van der Waals surface area contributed by atoms with Crippen molar-refractivity contribution in [1.29, 1.82) is 0 Å². The number of carbonyl (C=O) groups is 2. The Kier molecular flexibility index (Phi) is 5.43. The monoisotopic (exact) mass is 293 g/mol. The highest BCUT2D eigenvalue weighted by molar-refractivity contribution is 7.99. The fourth-order valence-electron chi connectivity index (χ4n) is 1.91. The van der Waals surface area contributed by atoms with Gasteiger partial charge in [0.25, 0.3) is 5.91 Å². The number of para-hydroxylation sites is 1. The summed E-state index contributed by atoms with van der Waals surface area (Å²) in [5.41, 5.74) is 1.06. The van der Waals surface area contributed by atoms with E-state index in [-0.39, 0.29) is 17.9 Å². The molecule has 0 bridgehead atoms. The molecule has 108 valence electrons. The van der Waals surface area contributed by atoms with E-state index in [4.69, 9.17) is 0 Å². The molecule has 1 aromatic carbocycles. The number of amides is 2. The normalized spacial score (nSPS) is 17.8. The molecule has 5 nitrogen and oxygen atoms in total. The summed E-state index contributed by atoms with van der Waals surface area (Å²) in [6, 6.07) is 6.88. The zero-order chi connectivity index (χ0) is 14.4. The molecule has 1 unspecified atom stereocenters. The van der Waals surface area contributed by atoms with Crippen LogP contribution in [0.2, 0.25) is 0 Å². The Hall–Kier alpha value is -1.53. The van der Waals surface area contributed by atoms with E-state index in [0.29, 0.717) is 17.8 Å². The average molecular weight is 293 g/mol. The molecule has 6 heteroatoms. The molecule has 1 atom stereocenters. The van der Waals surface area contributed by atoms with Crippen LogP contribution in [0.1, 0.15) is 23.7 Å². The van der Waals surface area contributed by atoms with Gasteiger partial charge in [-0.25, -0.2) is 0 Å². The molecular formula is C14H19N3O2S. The van der Waals surface area contributed by atoms with Crippen molar-refractivity contribution in [2.45, 2.75) is 19.4 Å². The second-order valence-corrected chi connectivity index (χ2v) is 5.59. The summed E-state index contributed by atoms with van der Waals surface area (Å²) < 4.78 is 0. The van der Waals surface area contributed by atoms with Gasteiger partial charge >= 0.3 is 0 Å². The number of thioether (sulfide) groups is 1. The summed E-state index contributed by atoms with van der Waals surface area (Å²) in [6.07, 6.45) is 0.878. The summed E-state index contributed by atoms with van der Waals surface area (Å²) in [4.78, 5) is 24.1. The van der Waals surface area contributed by atoms with Crippen LogP contribution in [0.5, 0.6) is 0 Å². The topological polar surface area (TPSA) is 70.2 Å². The minimum atomic E-state index is -0.188. The Morgan fingerprint density at radius 2 is 2.20 bits per heavy atom. The van der Waals surface area contributed by atoms with E-state index in [1.165, 1.54) is 0 Å². The highest BCUT2D eigenvalue weighted by Gasteiger charge is 2.23. The SMILES string of the molecule is CCCNC(=O)c1ccccc1NC(=O)C1CSCN1. The van der Waals surface area contributed by atoms with Gasteiger partial charge in [-0.1, -0.05) is 19.1 Å². The van der Waals surface area contributed by atoms with Gasteiger partial charge in [0, 0.05) is 18.2 Å². The first-order chi connectivity index (χ1) is 9.72. The highest BCUT2D eigenvalue weighted by Crippen LogP contribution is 2.17. The Balaban J connectivity index is 2.07. The summed E-state index contributed by atoms with van der Waals surface area (Å²) in [5.74, 6) is 1.30. The first kappa shape index (κ1) is 14.9. The van der Waals surface area contributed by atoms with Crippen LogP contribution in [0, 0.1) is 0 Å². The lowest BCUT2D eigenvalue weighted by Crippen LogP contribution is -2.38. The third-order valence-electron chi connectivity index (χ3n) is 3.00. The minimum absolute atomic E-state index is 0.0919. The van der Waals surface area contributed by atoms with E-state index in [1.54, 1.807) is 30.0 Å². The molecule has 0 aliphatic carbocycles. The van der Waals surface area contributed by atoms with E-state index >= 15 is 0 Å². The Morgan fingerprint density at radius 3 is 2.90 bits per heavy atom. The zero-order valence-electron chi connectivity index (χ0n) is 11.4. The Labute approximate surface area is 122 Å². The van der Waals surface area contributed by atoms with Gasteiger partial charge in [0.15, 0.2) is 0 Å². The van der Waals surface area contributed by atoms with Crippen LogP contribution < -0.4 is 16.0 Å². The smallest absolute Gasteiger partial charge is 0.253 e. The summed E-state index contributed by atoms with van der Waals surface area (Å²) in [7, 11) is 0. The number of hydrogen-bond donors (Lipinski definition) is 3. The van der Waals surface area contributed by atoms with Crippen molar-refractivity contribution in [2.24, 2.45) is 0 Å². The lowest BCUT2D eigenvalue weighted by atomic mass is 10.1. The molecule has 0 aromatic heterocycles. The molecular weight excluding hydrogens is 274 g/mol. The fraction of sp³-hybridized carbons (Fsp3) is 0.429. The number of rotatable bonds is 5. The van der Waals surface area contributed by atoms with Gasteiger partial charge in [0.2, 0.25) is 5.91 Å². The maximum Gasteiger partial charge on any atom is 0.253 e. The van der Waals surface area contributed by atoms with Crippen LogP contribution in [0.4, 0.5) is 5.69 Å². The standard InChI is InChI=1S/C14H19N3O2S/c1-2-7-15-13(18)10-5-3-4-6-11(10)17-14(19)12-8-20-9-16-12/h3-6,12,16H,2,7-9H2,1H3,(H,15,18)(H,17,19). The molecule has 20 heavy (non-hydrogen) atoms. The van der Waals surface area contributed by atoms with E-state index in [0.717, 1.165) is 18.1 Å². The quantitative estimate of drug-likeness (QED) is 0.768. The van der Waals surface area contributed by atoms with Crippen LogP contribution in [-0.2, 0) is 4.79 Å². The molecule has 3 N–H and O–H groups in total. The maximum absolute atomic E-state index is 12.1. The molecule has 1 heterocycles. The summed E-state index contributed by atoms with van der Waals surface area (Å²) >= 11 is 1.69. The van der Waals surface area contributed by atoms with Gasteiger partial charge in [0.05, 0.1) is 17.3 Å². The number of anilines is 1. The van der Waals surface area contributed by atoms with Gasteiger partial charge in [-0.3, -0.25) is 14.9 Å². The highest BCUT2D eigenvalue weighted by atomic mass is 32.2. The van der Waals surface area contributed by atoms with Gasteiger partial charge in [-0.15, -0.1) is 11.8 Å². The molecule has 2 rings (SSSR count). The molecule has 1 saturated heterocycles. The van der Waals surface area contributed by atoms with Crippen molar-refractivity contribution in [3.05, 3.63) is 29.8 Å². The van der Waals surface area contributed by atoms with Crippen molar-refractivity contribution in [3.63, 3.8) is 0 Å². The van der Waals surface area contributed by atoms with Crippen molar-refractivity contribution in [3.8, 4) is 0 Å². The molecule has 0 radical (unpaired) electrons. The average Bonchev–Trinajstić information content (AvgIpc) is 2.99. The molecule has 1 aromatic rings. The minimum Gasteiger partial charge on any atom is -0.352 e. The van der Waals surface area contributed by atoms with Gasteiger partial charge in [-0.05, 0) is 18.6 Å². The lowest BCUT2D eigenvalue weighted by molar-refractivity contribution is -0.117. The van der Waals surface area contributed by atoms with Crippen LogP contribution in [0.15, 0.2) is 24.3 Å².